The van der Waals surface area contributed by atoms with Crippen LogP contribution in [0.3, 0.4) is 0 Å². The van der Waals surface area contributed by atoms with E-state index in [4.69, 9.17) is 4.74 Å². The maximum atomic E-state index is 12.3. The van der Waals surface area contributed by atoms with Crippen LogP contribution in [-0.4, -0.2) is 30.0 Å². The number of benzene rings is 1. The van der Waals surface area contributed by atoms with Crippen molar-refractivity contribution >= 4 is 5.91 Å². The van der Waals surface area contributed by atoms with Gasteiger partial charge in [-0.1, -0.05) is 30.4 Å². The van der Waals surface area contributed by atoms with Crippen molar-refractivity contribution < 1.29 is 9.53 Å². The molecule has 1 aliphatic heterocycles. The molecule has 0 aromatic heterocycles. The molecule has 3 heteroatoms. The predicted molar refractivity (Wildman–Crippen MR) is 71.5 cm³/mol. The zero-order valence-electron chi connectivity index (χ0n) is 10.3. The van der Waals surface area contributed by atoms with E-state index in [-0.39, 0.29) is 5.91 Å². The van der Waals surface area contributed by atoms with Gasteiger partial charge in [-0.25, -0.2) is 0 Å². The van der Waals surface area contributed by atoms with Gasteiger partial charge in [-0.05, 0) is 11.6 Å². The van der Waals surface area contributed by atoms with Gasteiger partial charge in [0.1, 0.15) is 5.75 Å². The molecular weight excluding hydrogens is 226 g/mol. The number of hydrogen-bond donors (Lipinski definition) is 0. The lowest BCUT2D eigenvalue weighted by Crippen LogP contribution is -2.41. The van der Waals surface area contributed by atoms with E-state index < -0.39 is 6.10 Å². The van der Waals surface area contributed by atoms with Crippen molar-refractivity contribution in [3.8, 4) is 5.75 Å². The van der Waals surface area contributed by atoms with E-state index in [1.807, 2.05) is 24.3 Å². The largest absolute Gasteiger partial charge is 0.480 e. The number of carbonyl (C=O) groups excluding carboxylic acids is 1. The van der Waals surface area contributed by atoms with E-state index in [0.717, 1.165) is 11.3 Å². The van der Waals surface area contributed by atoms with Gasteiger partial charge in [-0.2, -0.15) is 0 Å². The lowest BCUT2D eigenvalue weighted by atomic mass is 10.1. The highest BCUT2D eigenvalue weighted by Crippen LogP contribution is 2.28. The zero-order valence-corrected chi connectivity index (χ0v) is 10.3. The Bertz CT molecular complexity index is 432. The number of nitrogens with zero attached hydrogens (tertiary/aromatic N) is 1. The van der Waals surface area contributed by atoms with Crippen molar-refractivity contribution in [1.82, 2.24) is 4.90 Å². The standard InChI is InChI=1S/C15H17NO2/c1-3-9-16(10-4-2)15(17)14-11-12-7-5-6-8-13(12)18-14/h3-8,14H,1-2,9-11H2/t14-/m1/s1. The van der Waals surface area contributed by atoms with Crippen molar-refractivity contribution in [2.45, 2.75) is 12.5 Å². The molecule has 1 aliphatic rings. The van der Waals surface area contributed by atoms with E-state index in [0.29, 0.717) is 19.5 Å². The summed E-state index contributed by atoms with van der Waals surface area (Å²) in [5.74, 6) is 0.805. The van der Waals surface area contributed by atoms with Crippen LogP contribution in [0.1, 0.15) is 5.56 Å². The van der Waals surface area contributed by atoms with Crippen LogP contribution in [0.2, 0.25) is 0 Å². The summed E-state index contributed by atoms with van der Waals surface area (Å²) >= 11 is 0. The maximum absolute atomic E-state index is 12.3. The Morgan fingerprint density at radius 3 is 2.61 bits per heavy atom. The Morgan fingerprint density at radius 1 is 1.33 bits per heavy atom. The molecule has 0 spiro atoms. The number of ether oxygens (including phenoxy) is 1. The molecule has 0 radical (unpaired) electrons. The summed E-state index contributed by atoms with van der Waals surface area (Å²) in [6.45, 7) is 8.35. The molecule has 18 heavy (non-hydrogen) atoms. The number of hydrogen-bond acceptors (Lipinski definition) is 2. The molecule has 0 saturated heterocycles. The highest BCUT2D eigenvalue weighted by molar-refractivity contribution is 5.83. The van der Waals surface area contributed by atoms with Gasteiger partial charge in [0, 0.05) is 19.5 Å². The SMILES string of the molecule is C=CCN(CC=C)C(=O)[C@H]1Cc2ccccc2O1. The minimum absolute atomic E-state index is 0.00833. The van der Waals surface area contributed by atoms with Crippen LogP contribution < -0.4 is 4.74 Å². The normalized spacial score (nSPS) is 16.6. The van der Waals surface area contributed by atoms with Gasteiger partial charge in [0.15, 0.2) is 6.10 Å². The topological polar surface area (TPSA) is 29.5 Å². The van der Waals surface area contributed by atoms with Gasteiger partial charge in [0.05, 0.1) is 0 Å². The lowest BCUT2D eigenvalue weighted by Gasteiger charge is -2.22. The molecule has 0 saturated carbocycles. The van der Waals surface area contributed by atoms with Crippen LogP contribution >= 0.6 is 0 Å². The van der Waals surface area contributed by atoms with Crippen molar-refractivity contribution in [2.24, 2.45) is 0 Å². The van der Waals surface area contributed by atoms with E-state index in [1.54, 1.807) is 17.1 Å². The molecule has 2 rings (SSSR count). The second-order valence-electron chi connectivity index (χ2n) is 4.24. The molecule has 1 heterocycles. The summed E-state index contributed by atoms with van der Waals surface area (Å²) in [6, 6.07) is 7.76. The highest BCUT2D eigenvalue weighted by atomic mass is 16.5. The number of fused-ring (bicyclic) bond motifs is 1. The molecule has 0 aliphatic carbocycles. The van der Waals surface area contributed by atoms with E-state index in [2.05, 4.69) is 13.2 Å². The fraction of sp³-hybridized carbons (Fsp3) is 0.267. The number of para-hydroxylation sites is 1. The molecule has 1 amide bonds. The molecule has 1 atom stereocenters. The third kappa shape index (κ3) is 2.45. The molecule has 3 nitrogen and oxygen atoms in total. The summed E-state index contributed by atoms with van der Waals surface area (Å²) in [5.41, 5.74) is 1.09. The number of amides is 1. The summed E-state index contributed by atoms with van der Waals surface area (Å²) < 4.78 is 5.68. The molecule has 94 valence electrons. The van der Waals surface area contributed by atoms with Gasteiger partial charge >= 0.3 is 0 Å². The predicted octanol–water partition coefficient (Wildman–Crippen LogP) is 2.19. The summed E-state index contributed by atoms with van der Waals surface area (Å²) in [5, 5.41) is 0. The molecule has 1 aromatic carbocycles. The van der Waals surface area contributed by atoms with Crippen LogP contribution in [0.5, 0.6) is 5.75 Å². The zero-order chi connectivity index (χ0) is 13.0. The van der Waals surface area contributed by atoms with Crippen LogP contribution in [0.4, 0.5) is 0 Å². The quantitative estimate of drug-likeness (QED) is 0.742. The molecule has 0 unspecified atom stereocenters. The lowest BCUT2D eigenvalue weighted by molar-refractivity contribution is -0.136. The van der Waals surface area contributed by atoms with Crippen molar-refractivity contribution in [3.63, 3.8) is 0 Å². The van der Waals surface area contributed by atoms with Gasteiger partial charge in [-0.15, -0.1) is 13.2 Å². The minimum atomic E-state index is -0.415. The first-order valence-corrected chi connectivity index (χ1v) is 6.01. The summed E-state index contributed by atoms with van der Waals surface area (Å²) in [7, 11) is 0. The Labute approximate surface area is 107 Å². The van der Waals surface area contributed by atoms with Crippen molar-refractivity contribution in [3.05, 3.63) is 55.1 Å². The van der Waals surface area contributed by atoms with Crippen LogP contribution in [-0.2, 0) is 11.2 Å². The molecular formula is C15H17NO2. The van der Waals surface area contributed by atoms with Crippen LogP contribution in [0.25, 0.3) is 0 Å². The fourth-order valence-electron chi connectivity index (χ4n) is 2.09. The number of carbonyl (C=O) groups is 1. The third-order valence-electron chi connectivity index (χ3n) is 2.93. The monoisotopic (exact) mass is 243 g/mol. The second kappa shape index (κ2) is 5.54. The maximum Gasteiger partial charge on any atom is 0.264 e. The third-order valence-corrected chi connectivity index (χ3v) is 2.93. The van der Waals surface area contributed by atoms with Crippen molar-refractivity contribution in [2.75, 3.05) is 13.1 Å². The molecule has 0 bridgehead atoms. The molecule has 0 N–H and O–H groups in total. The van der Waals surface area contributed by atoms with Crippen LogP contribution in [0.15, 0.2) is 49.6 Å². The highest BCUT2D eigenvalue weighted by Gasteiger charge is 2.31. The van der Waals surface area contributed by atoms with Crippen LogP contribution in [0, 0.1) is 0 Å². The summed E-state index contributed by atoms with van der Waals surface area (Å²) in [6.07, 6.45) is 3.65. The second-order valence-corrected chi connectivity index (χ2v) is 4.24. The molecule has 0 fully saturated rings. The first-order chi connectivity index (χ1) is 8.76. The fourth-order valence-corrected chi connectivity index (χ4v) is 2.09. The first kappa shape index (κ1) is 12.4. The Balaban J connectivity index is 2.07. The average Bonchev–Trinajstić information content (AvgIpc) is 2.81. The molecule has 1 aromatic rings. The van der Waals surface area contributed by atoms with Gasteiger partial charge < -0.3 is 9.64 Å². The van der Waals surface area contributed by atoms with Gasteiger partial charge in [-0.3, -0.25) is 4.79 Å². The Hall–Kier alpha value is -2.03. The Morgan fingerprint density at radius 2 is 2.00 bits per heavy atom. The van der Waals surface area contributed by atoms with E-state index in [1.165, 1.54) is 0 Å². The number of rotatable bonds is 5. The Kier molecular flexibility index (Phi) is 3.82. The van der Waals surface area contributed by atoms with E-state index >= 15 is 0 Å². The first-order valence-electron chi connectivity index (χ1n) is 6.01. The minimum Gasteiger partial charge on any atom is -0.480 e. The summed E-state index contributed by atoms with van der Waals surface area (Å²) in [4.78, 5) is 14.0. The van der Waals surface area contributed by atoms with Gasteiger partial charge in [0.2, 0.25) is 0 Å². The van der Waals surface area contributed by atoms with Crippen molar-refractivity contribution in [1.29, 1.82) is 0 Å². The smallest absolute Gasteiger partial charge is 0.264 e. The average molecular weight is 243 g/mol. The van der Waals surface area contributed by atoms with E-state index in [9.17, 15) is 4.79 Å². The van der Waals surface area contributed by atoms with Gasteiger partial charge in [0.25, 0.3) is 5.91 Å².